The van der Waals surface area contributed by atoms with Crippen LogP contribution in [0.15, 0.2) is 48.7 Å². The molecule has 1 aromatic heterocycles. The zero-order chi connectivity index (χ0) is 15.1. The molecule has 1 aromatic carbocycles. The molecule has 0 aliphatic heterocycles. The molecule has 0 spiro atoms. The van der Waals surface area contributed by atoms with E-state index < -0.39 is 6.10 Å². The Morgan fingerprint density at radius 3 is 2.67 bits per heavy atom. The van der Waals surface area contributed by atoms with Crippen LogP contribution in [0.25, 0.3) is 0 Å². The van der Waals surface area contributed by atoms with Crippen LogP contribution in [-0.2, 0) is 11.3 Å². The molecule has 5 heteroatoms. The van der Waals surface area contributed by atoms with Gasteiger partial charge in [0.15, 0.2) is 6.10 Å². The van der Waals surface area contributed by atoms with Crippen LogP contribution in [-0.4, -0.2) is 17.0 Å². The van der Waals surface area contributed by atoms with Crippen LogP contribution >= 0.6 is 0 Å². The van der Waals surface area contributed by atoms with E-state index in [2.05, 4.69) is 10.3 Å². The van der Waals surface area contributed by atoms with Gasteiger partial charge in [-0.2, -0.15) is 0 Å². The van der Waals surface area contributed by atoms with Crippen LogP contribution < -0.4 is 10.1 Å². The van der Waals surface area contributed by atoms with E-state index in [4.69, 9.17) is 4.74 Å². The molecule has 1 N–H and O–H groups in total. The first-order valence-electron chi connectivity index (χ1n) is 6.79. The van der Waals surface area contributed by atoms with Crippen LogP contribution in [0.5, 0.6) is 5.75 Å². The Balaban J connectivity index is 1.90. The summed E-state index contributed by atoms with van der Waals surface area (Å²) < 4.78 is 18.4. The lowest BCUT2D eigenvalue weighted by molar-refractivity contribution is -0.128. The van der Waals surface area contributed by atoms with Gasteiger partial charge in [-0.25, -0.2) is 4.39 Å². The Bertz CT molecular complexity index is 573. The molecule has 0 fully saturated rings. The molecule has 2 rings (SSSR count). The minimum absolute atomic E-state index is 0.215. The Morgan fingerprint density at radius 2 is 2.05 bits per heavy atom. The molecule has 1 amide bonds. The first-order chi connectivity index (χ1) is 10.2. The predicted molar refractivity (Wildman–Crippen MR) is 77.2 cm³/mol. The molecule has 0 aliphatic carbocycles. The molecule has 0 aliphatic rings. The summed E-state index contributed by atoms with van der Waals surface area (Å²) in [6.07, 6.45) is 1.58. The van der Waals surface area contributed by atoms with Crippen LogP contribution in [0.3, 0.4) is 0 Å². The Hall–Kier alpha value is -2.43. The summed E-state index contributed by atoms with van der Waals surface area (Å²) in [6, 6.07) is 11.1. The number of amides is 1. The fraction of sp³-hybridized carbons (Fsp3) is 0.250. The number of hydrogen-bond donors (Lipinski definition) is 1. The summed E-state index contributed by atoms with van der Waals surface area (Å²) in [5.74, 6) is -0.0845. The molecule has 0 saturated heterocycles. The van der Waals surface area contributed by atoms with Crippen molar-refractivity contribution in [1.29, 1.82) is 0 Å². The van der Waals surface area contributed by atoms with Crippen molar-refractivity contribution in [3.05, 3.63) is 60.2 Å². The van der Waals surface area contributed by atoms with Gasteiger partial charge in [0.1, 0.15) is 11.6 Å². The van der Waals surface area contributed by atoms with Gasteiger partial charge >= 0.3 is 0 Å². The SMILES string of the molecule is CC[C@@H](Oc1ccc(F)cc1)C(=O)NCc1ccccn1. The summed E-state index contributed by atoms with van der Waals surface area (Å²) in [5, 5.41) is 2.78. The number of halogens is 1. The van der Waals surface area contributed by atoms with Gasteiger partial charge < -0.3 is 10.1 Å². The summed E-state index contributed by atoms with van der Waals surface area (Å²) in [4.78, 5) is 16.2. The quantitative estimate of drug-likeness (QED) is 0.889. The fourth-order valence-electron chi connectivity index (χ4n) is 1.79. The second-order valence-electron chi connectivity index (χ2n) is 4.51. The molecule has 0 saturated carbocycles. The van der Waals surface area contributed by atoms with Crippen LogP contribution in [0, 0.1) is 5.82 Å². The molecule has 4 nitrogen and oxygen atoms in total. The lowest BCUT2D eigenvalue weighted by atomic mass is 10.2. The Kier molecular flexibility index (Phi) is 5.26. The molecule has 1 atom stereocenters. The van der Waals surface area contributed by atoms with Crippen LogP contribution in [0.1, 0.15) is 19.0 Å². The zero-order valence-corrected chi connectivity index (χ0v) is 11.8. The van der Waals surface area contributed by atoms with E-state index in [0.717, 1.165) is 5.69 Å². The number of benzene rings is 1. The molecule has 21 heavy (non-hydrogen) atoms. The van der Waals surface area contributed by atoms with Crippen molar-refractivity contribution in [2.75, 3.05) is 0 Å². The monoisotopic (exact) mass is 288 g/mol. The standard InChI is InChI=1S/C16H17FN2O2/c1-2-15(21-14-8-6-12(17)7-9-14)16(20)19-11-13-5-3-4-10-18-13/h3-10,15H,2,11H2,1H3,(H,19,20)/t15-/m1/s1. The van der Waals surface area contributed by atoms with E-state index in [-0.39, 0.29) is 11.7 Å². The number of ether oxygens (including phenoxy) is 1. The van der Waals surface area contributed by atoms with Gasteiger partial charge in [-0.3, -0.25) is 9.78 Å². The Morgan fingerprint density at radius 1 is 1.29 bits per heavy atom. The fourth-order valence-corrected chi connectivity index (χ4v) is 1.79. The Labute approximate surface area is 123 Å². The maximum absolute atomic E-state index is 12.8. The van der Waals surface area contributed by atoms with Crippen molar-refractivity contribution in [1.82, 2.24) is 10.3 Å². The number of pyridine rings is 1. The van der Waals surface area contributed by atoms with E-state index in [1.807, 2.05) is 25.1 Å². The van der Waals surface area contributed by atoms with Crippen molar-refractivity contribution in [2.45, 2.75) is 26.0 Å². The predicted octanol–water partition coefficient (Wildman–Crippen LogP) is 2.69. The number of nitrogens with zero attached hydrogens (tertiary/aromatic N) is 1. The van der Waals surface area contributed by atoms with E-state index in [9.17, 15) is 9.18 Å². The molecule has 0 unspecified atom stereocenters. The number of hydrogen-bond acceptors (Lipinski definition) is 3. The van der Waals surface area contributed by atoms with Gasteiger partial charge in [0.2, 0.25) is 0 Å². The highest BCUT2D eigenvalue weighted by atomic mass is 19.1. The molecule has 0 radical (unpaired) electrons. The van der Waals surface area contributed by atoms with Gasteiger partial charge in [0.05, 0.1) is 12.2 Å². The number of carbonyl (C=O) groups is 1. The van der Waals surface area contributed by atoms with Crippen molar-refractivity contribution in [3.8, 4) is 5.75 Å². The molecular weight excluding hydrogens is 271 g/mol. The van der Waals surface area contributed by atoms with Gasteiger partial charge in [-0.15, -0.1) is 0 Å². The van der Waals surface area contributed by atoms with Gasteiger partial charge in [-0.05, 0) is 42.8 Å². The number of aromatic nitrogens is 1. The normalized spacial score (nSPS) is 11.7. The topological polar surface area (TPSA) is 51.2 Å². The van der Waals surface area contributed by atoms with Crippen LogP contribution in [0.2, 0.25) is 0 Å². The van der Waals surface area contributed by atoms with E-state index in [1.54, 1.807) is 6.20 Å². The van der Waals surface area contributed by atoms with Crippen LogP contribution in [0.4, 0.5) is 4.39 Å². The van der Waals surface area contributed by atoms with Gasteiger partial charge in [-0.1, -0.05) is 13.0 Å². The first-order valence-corrected chi connectivity index (χ1v) is 6.79. The summed E-state index contributed by atoms with van der Waals surface area (Å²) >= 11 is 0. The van der Waals surface area contributed by atoms with E-state index in [1.165, 1.54) is 24.3 Å². The number of nitrogens with one attached hydrogen (secondary N) is 1. The molecular formula is C16H17FN2O2. The maximum Gasteiger partial charge on any atom is 0.261 e. The zero-order valence-electron chi connectivity index (χ0n) is 11.8. The minimum atomic E-state index is -0.612. The average molecular weight is 288 g/mol. The summed E-state index contributed by atoms with van der Waals surface area (Å²) in [7, 11) is 0. The highest BCUT2D eigenvalue weighted by Crippen LogP contribution is 2.14. The largest absolute Gasteiger partial charge is 0.481 e. The third kappa shape index (κ3) is 4.56. The number of carbonyl (C=O) groups excluding carboxylic acids is 1. The highest BCUT2D eigenvalue weighted by molar-refractivity contribution is 5.81. The van der Waals surface area contributed by atoms with Crippen molar-refractivity contribution < 1.29 is 13.9 Å². The number of rotatable bonds is 6. The van der Waals surface area contributed by atoms with E-state index >= 15 is 0 Å². The highest BCUT2D eigenvalue weighted by Gasteiger charge is 2.18. The lowest BCUT2D eigenvalue weighted by Crippen LogP contribution is -2.37. The van der Waals surface area contributed by atoms with Gasteiger partial charge in [0, 0.05) is 6.20 Å². The molecule has 2 aromatic rings. The third-order valence-corrected chi connectivity index (χ3v) is 2.93. The van der Waals surface area contributed by atoms with E-state index in [0.29, 0.717) is 18.7 Å². The second kappa shape index (κ2) is 7.38. The van der Waals surface area contributed by atoms with Crippen molar-refractivity contribution in [2.24, 2.45) is 0 Å². The second-order valence-corrected chi connectivity index (χ2v) is 4.51. The molecule has 0 bridgehead atoms. The summed E-state index contributed by atoms with van der Waals surface area (Å²) in [6.45, 7) is 2.21. The molecule has 1 heterocycles. The van der Waals surface area contributed by atoms with Gasteiger partial charge in [0.25, 0.3) is 5.91 Å². The van der Waals surface area contributed by atoms with Crippen molar-refractivity contribution >= 4 is 5.91 Å². The third-order valence-electron chi connectivity index (χ3n) is 2.93. The lowest BCUT2D eigenvalue weighted by Gasteiger charge is -2.17. The minimum Gasteiger partial charge on any atom is -0.481 e. The maximum atomic E-state index is 12.8. The van der Waals surface area contributed by atoms with Crippen molar-refractivity contribution in [3.63, 3.8) is 0 Å². The first kappa shape index (κ1) is 15.0. The molecule has 110 valence electrons. The summed E-state index contributed by atoms with van der Waals surface area (Å²) in [5.41, 5.74) is 0.780. The smallest absolute Gasteiger partial charge is 0.261 e. The average Bonchev–Trinajstić information content (AvgIpc) is 2.53.